The number of hydrogen-bond donors (Lipinski definition) is 1. The molecule has 2 saturated heterocycles. The van der Waals surface area contributed by atoms with Crippen LogP contribution in [0, 0.1) is 6.92 Å². The molecule has 3 atom stereocenters. The molecular formula is C26H36N6O3S. The van der Waals surface area contributed by atoms with Crippen LogP contribution >= 0.6 is 0 Å². The molecule has 2 fully saturated rings. The fourth-order valence-corrected chi connectivity index (χ4v) is 7.06. The van der Waals surface area contributed by atoms with Gasteiger partial charge in [-0.3, -0.25) is 9.69 Å². The minimum atomic E-state index is -1.32. The van der Waals surface area contributed by atoms with Crippen LogP contribution in [0.4, 0.5) is 0 Å². The molecule has 2 aliphatic rings. The standard InChI is InChI=1S/C26H36N6O3S/c1-5-8-23-27-17(4)24-26(33)28-25(29-32(23)24)21-15-20(11-12-22(21)35-7-3)36(34)30-14-13-18-9-10-19(16-30)31(18)6-2/h11-12,15,18-19H,5-10,13-14,16H2,1-4H3,(H,28,29,33). The number of fused-ring (bicyclic) bond motifs is 3. The van der Waals surface area contributed by atoms with Crippen LogP contribution in [0.25, 0.3) is 16.9 Å². The molecular weight excluding hydrogens is 476 g/mol. The molecule has 0 saturated carbocycles. The number of likely N-dealkylation sites (N-methyl/N-ethyl adjacent to an activating group) is 1. The van der Waals surface area contributed by atoms with Crippen LogP contribution in [0.3, 0.4) is 0 Å². The number of rotatable bonds is 8. The zero-order valence-corrected chi connectivity index (χ0v) is 22.4. The first kappa shape index (κ1) is 25.1. The summed E-state index contributed by atoms with van der Waals surface area (Å²) in [7, 11) is -1.32. The molecule has 4 heterocycles. The molecule has 1 aromatic carbocycles. The minimum Gasteiger partial charge on any atom is -0.493 e. The maximum Gasteiger partial charge on any atom is 0.277 e. The molecule has 0 radical (unpaired) electrons. The molecule has 0 amide bonds. The Kier molecular flexibility index (Phi) is 7.28. The minimum absolute atomic E-state index is 0.246. The number of aromatic amines is 1. The quantitative estimate of drug-likeness (QED) is 0.498. The number of H-pyrrole nitrogens is 1. The number of benzene rings is 1. The van der Waals surface area contributed by atoms with E-state index in [1.165, 1.54) is 6.42 Å². The largest absolute Gasteiger partial charge is 0.493 e. The molecule has 5 rings (SSSR count). The monoisotopic (exact) mass is 512 g/mol. The Labute approximate surface area is 214 Å². The second-order valence-corrected chi connectivity index (χ2v) is 11.1. The predicted octanol–water partition coefficient (Wildman–Crippen LogP) is 3.33. The molecule has 2 bridgehead atoms. The summed E-state index contributed by atoms with van der Waals surface area (Å²) in [5.41, 5.74) is 1.50. The van der Waals surface area contributed by atoms with Crippen molar-refractivity contribution in [3.63, 3.8) is 0 Å². The highest BCUT2D eigenvalue weighted by molar-refractivity contribution is 7.82. The summed E-state index contributed by atoms with van der Waals surface area (Å²) < 4.78 is 23.4. The van der Waals surface area contributed by atoms with Gasteiger partial charge in [0.2, 0.25) is 0 Å². The van der Waals surface area contributed by atoms with Crippen molar-refractivity contribution in [2.24, 2.45) is 0 Å². The van der Waals surface area contributed by atoms with Gasteiger partial charge in [0, 0.05) is 31.6 Å². The third-order valence-corrected chi connectivity index (χ3v) is 8.88. The number of nitrogens with one attached hydrogen (secondary N) is 1. The molecule has 194 valence electrons. The molecule has 3 unspecified atom stereocenters. The first-order valence-electron chi connectivity index (χ1n) is 13.1. The Morgan fingerprint density at radius 1 is 1.17 bits per heavy atom. The van der Waals surface area contributed by atoms with Crippen molar-refractivity contribution in [1.29, 1.82) is 0 Å². The van der Waals surface area contributed by atoms with E-state index in [1.54, 1.807) is 4.52 Å². The second-order valence-electron chi connectivity index (χ2n) is 9.66. The number of aromatic nitrogens is 4. The highest BCUT2D eigenvalue weighted by atomic mass is 32.2. The summed E-state index contributed by atoms with van der Waals surface area (Å²) in [5.74, 6) is 1.74. The molecule has 1 N–H and O–H groups in total. The second kappa shape index (κ2) is 10.4. The van der Waals surface area contributed by atoms with Gasteiger partial charge in [-0.05, 0) is 64.3 Å². The number of nitrogens with zero attached hydrogens (tertiary/aromatic N) is 5. The van der Waals surface area contributed by atoms with Crippen LogP contribution < -0.4 is 10.3 Å². The van der Waals surface area contributed by atoms with Crippen molar-refractivity contribution in [2.45, 2.75) is 76.8 Å². The third-order valence-electron chi connectivity index (χ3n) is 7.42. The Balaban J connectivity index is 1.53. The molecule has 0 spiro atoms. The summed E-state index contributed by atoms with van der Waals surface area (Å²) in [6.07, 6.45) is 5.05. The van der Waals surface area contributed by atoms with Gasteiger partial charge in [0.05, 0.1) is 22.8 Å². The lowest BCUT2D eigenvalue weighted by Crippen LogP contribution is -2.39. The van der Waals surface area contributed by atoms with Gasteiger partial charge in [-0.1, -0.05) is 13.8 Å². The Bertz CT molecular complexity index is 1340. The Morgan fingerprint density at radius 3 is 2.72 bits per heavy atom. The Hall–Kier alpha value is -2.56. The van der Waals surface area contributed by atoms with Crippen molar-refractivity contribution < 1.29 is 8.95 Å². The van der Waals surface area contributed by atoms with Gasteiger partial charge in [-0.15, -0.1) is 5.10 Å². The lowest BCUT2D eigenvalue weighted by molar-refractivity contribution is 0.209. The predicted molar refractivity (Wildman–Crippen MR) is 141 cm³/mol. The zero-order valence-electron chi connectivity index (χ0n) is 21.6. The fourth-order valence-electron chi connectivity index (χ4n) is 5.78. The van der Waals surface area contributed by atoms with Crippen LogP contribution in [-0.2, 0) is 17.4 Å². The topological polar surface area (TPSA) is 95.8 Å². The molecule has 3 aromatic rings. The molecule has 36 heavy (non-hydrogen) atoms. The van der Waals surface area contributed by atoms with E-state index in [0.29, 0.717) is 51.9 Å². The van der Waals surface area contributed by atoms with E-state index in [9.17, 15) is 9.00 Å². The van der Waals surface area contributed by atoms with E-state index < -0.39 is 11.0 Å². The van der Waals surface area contributed by atoms with Gasteiger partial charge in [0.25, 0.3) is 5.56 Å². The van der Waals surface area contributed by atoms with Crippen LogP contribution in [0.15, 0.2) is 27.9 Å². The summed E-state index contributed by atoms with van der Waals surface area (Å²) in [6, 6.07) is 6.61. The zero-order chi connectivity index (χ0) is 25.4. The highest BCUT2D eigenvalue weighted by Crippen LogP contribution is 2.33. The van der Waals surface area contributed by atoms with Gasteiger partial charge < -0.3 is 9.72 Å². The van der Waals surface area contributed by atoms with Crippen molar-refractivity contribution in [1.82, 2.24) is 28.8 Å². The van der Waals surface area contributed by atoms with Crippen LogP contribution in [0.2, 0.25) is 0 Å². The number of ether oxygens (including phenoxy) is 1. The number of aryl methyl sites for hydroxylation is 2. The van der Waals surface area contributed by atoms with Gasteiger partial charge in [-0.2, -0.15) is 0 Å². The first-order valence-corrected chi connectivity index (χ1v) is 14.2. The van der Waals surface area contributed by atoms with E-state index in [0.717, 1.165) is 51.1 Å². The van der Waals surface area contributed by atoms with Gasteiger partial charge in [-0.25, -0.2) is 18.0 Å². The molecule has 0 aliphatic carbocycles. The maximum atomic E-state index is 13.8. The summed E-state index contributed by atoms with van der Waals surface area (Å²) in [6.45, 7) is 11.2. The van der Waals surface area contributed by atoms with E-state index in [1.807, 2.05) is 32.0 Å². The summed E-state index contributed by atoms with van der Waals surface area (Å²) in [5, 5.41) is 4.77. The smallest absolute Gasteiger partial charge is 0.277 e. The number of imidazole rings is 1. The molecule has 10 heteroatoms. The van der Waals surface area contributed by atoms with Crippen molar-refractivity contribution >= 4 is 16.5 Å². The third kappa shape index (κ3) is 4.50. The van der Waals surface area contributed by atoms with E-state index in [2.05, 4.69) is 33.0 Å². The highest BCUT2D eigenvalue weighted by Gasteiger charge is 2.37. The number of hydrogen-bond acceptors (Lipinski definition) is 6. The summed E-state index contributed by atoms with van der Waals surface area (Å²) in [4.78, 5) is 23.8. The van der Waals surface area contributed by atoms with Gasteiger partial charge in [0.15, 0.2) is 11.3 Å². The van der Waals surface area contributed by atoms with Gasteiger partial charge >= 0.3 is 0 Å². The van der Waals surface area contributed by atoms with E-state index in [4.69, 9.17) is 9.84 Å². The molecule has 2 aromatic heterocycles. The van der Waals surface area contributed by atoms with Crippen molar-refractivity contribution in [3.8, 4) is 17.1 Å². The maximum absolute atomic E-state index is 13.8. The lowest BCUT2D eigenvalue weighted by Gasteiger charge is -2.27. The lowest BCUT2D eigenvalue weighted by atomic mass is 10.1. The van der Waals surface area contributed by atoms with Crippen LogP contribution in [-0.4, -0.2) is 71.3 Å². The Morgan fingerprint density at radius 2 is 1.97 bits per heavy atom. The van der Waals surface area contributed by atoms with Crippen molar-refractivity contribution in [2.75, 3.05) is 26.2 Å². The van der Waals surface area contributed by atoms with Crippen molar-refractivity contribution in [3.05, 3.63) is 40.1 Å². The molecule has 9 nitrogen and oxygen atoms in total. The SMILES string of the molecule is CCCc1nc(C)c2c(=O)[nH]c(-c3cc(S(=O)N4CCC5CCC(C4)N5CC)ccc3OCC)nn12. The van der Waals surface area contributed by atoms with Crippen LogP contribution in [0.5, 0.6) is 5.75 Å². The van der Waals surface area contributed by atoms with E-state index in [-0.39, 0.29) is 5.56 Å². The van der Waals surface area contributed by atoms with E-state index >= 15 is 0 Å². The average molecular weight is 513 g/mol. The molecule has 2 aliphatic heterocycles. The normalized spacial score (nSPS) is 21.7. The first-order chi connectivity index (χ1) is 17.4. The fraction of sp³-hybridized carbons (Fsp3) is 0.577. The summed E-state index contributed by atoms with van der Waals surface area (Å²) >= 11 is 0. The van der Waals surface area contributed by atoms with Crippen LogP contribution in [0.1, 0.15) is 58.0 Å². The average Bonchev–Trinajstić information content (AvgIpc) is 3.33. The van der Waals surface area contributed by atoms with Gasteiger partial charge in [0.1, 0.15) is 22.6 Å².